The standard InChI is InChI=1S/C40H60O4/c1-27(17-13-19-29(3)21-23-33-31(5)37(43)35(41)25-39(33,7)8)15-11-12-16-28(2)18-14-20-30(4)22-24-34-32(6)38(44)36(42)26-40(34,9)10/h11-24,31-38,41-44H,25-26H2,1-10H3/b12-11+,17-13+,18-14+,23-21+,24-22+,27-15+,28-16+,29-19+,30-20+/t31-,32-,33-,34-,35-,36-,37+,38+/m0/s1. The van der Waals surface area contributed by atoms with E-state index in [2.05, 4.69) is 128 Å². The molecule has 4 N–H and O–H groups in total. The van der Waals surface area contributed by atoms with Crippen molar-refractivity contribution in [2.45, 2.75) is 106 Å². The lowest BCUT2D eigenvalue weighted by atomic mass is 9.62. The highest BCUT2D eigenvalue weighted by Crippen LogP contribution is 2.46. The van der Waals surface area contributed by atoms with Crippen molar-refractivity contribution < 1.29 is 20.4 Å². The molecule has 0 aliphatic heterocycles. The molecule has 2 fully saturated rings. The molecule has 2 saturated carbocycles. The van der Waals surface area contributed by atoms with Crippen LogP contribution in [0, 0.1) is 34.5 Å². The third-order valence-electron chi connectivity index (χ3n) is 9.67. The van der Waals surface area contributed by atoms with E-state index in [1.165, 1.54) is 0 Å². The Labute approximate surface area is 268 Å². The summed E-state index contributed by atoms with van der Waals surface area (Å²) in [6.07, 6.45) is 27.9. The molecule has 244 valence electrons. The van der Waals surface area contributed by atoms with Crippen LogP contribution in [0.2, 0.25) is 0 Å². The number of aliphatic hydroxyl groups excluding tert-OH is 4. The van der Waals surface area contributed by atoms with Crippen LogP contribution in [-0.4, -0.2) is 44.8 Å². The molecule has 0 aromatic carbocycles. The molecule has 0 saturated heterocycles. The highest BCUT2D eigenvalue weighted by Gasteiger charge is 2.45. The van der Waals surface area contributed by atoms with Gasteiger partial charge in [0, 0.05) is 0 Å². The van der Waals surface area contributed by atoms with Gasteiger partial charge in [-0.05, 0) is 75.0 Å². The lowest BCUT2D eigenvalue weighted by Gasteiger charge is -2.46. The number of hydrogen-bond acceptors (Lipinski definition) is 4. The third-order valence-corrected chi connectivity index (χ3v) is 9.67. The minimum Gasteiger partial charge on any atom is -0.390 e. The summed E-state index contributed by atoms with van der Waals surface area (Å²) in [6, 6.07) is 0. The van der Waals surface area contributed by atoms with Gasteiger partial charge in [0.1, 0.15) is 0 Å². The second kappa shape index (κ2) is 16.7. The Balaban J connectivity index is 1.89. The first kappa shape index (κ1) is 37.7. The lowest BCUT2D eigenvalue weighted by molar-refractivity contribution is -0.0970. The minimum atomic E-state index is -0.677. The Morgan fingerprint density at radius 3 is 1.14 bits per heavy atom. The molecule has 4 heteroatoms. The molecule has 2 rings (SSSR count). The molecule has 0 unspecified atom stereocenters. The first-order chi connectivity index (χ1) is 20.5. The van der Waals surface area contributed by atoms with Gasteiger partial charge in [-0.15, -0.1) is 0 Å². The van der Waals surface area contributed by atoms with E-state index in [4.69, 9.17) is 0 Å². The van der Waals surface area contributed by atoms with Crippen LogP contribution in [0.25, 0.3) is 0 Å². The van der Waals surface area contributed by atoms with E-state index in [1.807, 2.05) is 26.0 Å². The molecular formula is C40H60O4. The largest absolute Gasteiger partial charge is 0.390 e. The van der Waals surface area contributed by atoms with Crippen molar-refractivity contribution in [2.24, 2.45) is 34.5 Å². The zero-order chi connectivity index (χ0) is 33.2. The first-order valence-corrected chi connectivity index (χ1v) is 16.3. The summed E-state index contributed by atoms with van der Waals surface area (Å²) < 4.78 is 0. The van der Waals surface area contributed by atoms with Crippen LogP contribution in [0.4, 0.5) is 0 Å². The smallest absolute Gasteiger partial charge is 0.0830 e. The summed E-state index contributed by atoms with van der Waals surface area (Å²) in [7, 11) is 0. The van der Waals surface area contributed by atoms with Gasteiger partial charge in [0.25, 0.3) is 0 Å². The van der Waals surface area contributed by atoms with Gasteiger partial charge in [0.15, 0.2) is 0 Å². The predicted octanol–water partition coefficient (Wildman–Crippen LogP) is 8.36. The van der Waals surface area contributed by atoms with E-state index < -0.39 is 24.4 Å². The van der Waals surface area contributed by atoms with Crippen LogP contribution in [0.1, 0.15) is 82.1 Å². The van der Waals surface area contributed by atoms with E-state index in [0.29, 0.717) is 12.8 Å². The second-order valence-electron chi connectivity index (χ2n) is 14.7. The Kier molecular flexibility index (Phi) is 14.3. The van der Waals surface area contributed by atoms with Crippen molar-refractivity contribution in [3.8, 4) is 0 Å². The van der Waals surface area contributed by atoms with E-state index in [0.717, 1.165) is 22.3 Å². The maximum absolute atomic E-state index is 10.3. The molecule has 0 heterocycles. The van der Waals surface area contributed by atoms with Gasteiger partial charge >= 0.3 is 0 Å². The number of rotatable bonds is 10. The van der Waals surface area contributed by atoms with Crippen molar-refractivity contribution in [1.29, 1.82) is 0 Å². The predicted molar refractivity (Wildman–Crippen MR) is 187 cm³/mol. The van der Waals surface area contributed by atoms with E-state index in [9.17, 15) is 20.4 Å². The fourth-order valence-electron chi connectivity index (χ4n) is 6.86. The zero-order valence-corrected chi connectivity index (χ0v) is 28.9. The van der Waals surface area contributed by atoms with Crippen molar-refractivity contribution in [3.63, 3.8) is 0 Å². The van der Waals surface area contributed by atoms with Crippen LogP contribution < -0.4 is 0 Å². The van der Waals surface area contributed by atoms with Crippen molar-refractivity contribution >= 4 is 0 Å². The van der Waals surface area contributed by atoms with Crippen molar-refractivity contribution in [1.82, 2.24) is 0 Å². The lowest BCUT2D eigenvalue weighted by Crippen LogP contribution is -2.48. The second-order valence-corrected chi connectivity index (χ2v) is 14.7. The van der Waals surface area contributed by atoms with Gasteiger partial charge in [0.2, 0.25) is 0 Å². The molecule has 0 aromatic heterocycles. The fourth-order valence-corrected chi connectivity index (χ4v) is 6.86. The molecule has 44 heavy (non-hydrogen) atoms. The zero-order valence-electron chi connectivity index (χ0n) is 28.9. The van der Waals surface area contributed by atoms with Gasteiger partial charge in [-0.2, -0.15) is 0 Å². The van der Waals surface area contributed by atoms with Gasteiger partial charge in [-0.3, -0.25) is 0 Å². The molecular weight excluding hydrogens is 544 g/mol. The molecule has 0 amide bonds. The molecule has 0 spiro atoms. The maximum atomic E-state index is 10.3. The normalized spacial score (nSPS) is 34.4. The Bertz CT molecular complexity index is 1120. The van der Waals surface area contributed by atoms with Gasteiger partial charge in [-0.1, -0.05) is 149 Å². The fraction of sp³-hybridized carbons (Fsp3) is 0.550. The van der Waals surface area contributed by atoms with Gasteiger partial charge in [-0.25, -0.2) is 0 Å². The Morgan fingerprint density at radius 1 is 0.500 bits per heavy atom. The van der Waals surface area contributed by atoms with Crippen LogP contribution in [0.15, 0.2) is 107 Å². The molecule has 4 nitrogen and oxygen atoms in total. The quantitative estimate of drug-likeness (QED) is 0.189. The highest BCUT2D eigenvalue weighted by molar-refractivity contribution is 5.32. The highest BCUT2D eigenvalue weighted by atomic mass is 16.3. The summed E-state index contributed by atoms with van der Waals surface area (Å²) in [5.74, 6) is 0.438. The topological polar surface area (TPSA) is 80.9 Å². The Morgan fingerprint density at radius 2 is 0.795 bits per heavy atom. The van der Waals surface area contributed by atoms with Crippen LogP contribution >= 0.6 is 0 Å². The monoisotopic (exact) mass is 604 g/mol. The minimum absolute atomic E-state index is 0.0119. The van der Waals surface area contributed by atoms with Crippen molar-refractivity contribution in [2.75, 3.05) is 0 Å². The average molecular weight is 605 g/mol. The van der Waals surface area contributed by atoms with Crippen molar-refractivity contribution in [3.05, 3.63) is 107 Å². The molecule has 8 atom stereocenters. The average Bonchev–Trinajstić information content (AvgIpc) is 2.92. The van der Waals surface area contributed by atoms with E-state index >= 15 is 0 Å². The number of aliphatic hydroxyl groups is 4. The molecule has 2 aliphatic rings. The van der Waals surface area contributed by atoms with E-state index in [1.54, 1.807) is 0 Å². The van der Waals surface area contributed by atoms with Crippen LogP contribution in [-0.2, 0) is 0 Å². The summed E-state index contributed by atoms with van der Waals surface area (Å²) >= 11 is 0. The molecule has 0 aromatic rings. The van der Waals surface area contributed by atoms with Crippen LogP contribution in [0.5, 0.6) is 0 Å². The van der Waals surface area contributed by atoms with Gasteiger partial charge < -0.3 is 20.4 Å². The van der Waals surface area contributed by atoms with Crippen LogP contribution in [0.3, 0.4) is 0 Å². The number of allylic oxidation sites excluding steroid dienone is 18. The summed E-state index contributed by atoms with van der Waals surface area (Å²) in [4.78, 5) is 0. The Hall–Kier alpha value is -2.50. The number of hydrogen-bond donors (Lipinski definition) is 4. The summed E-state index contributed by atoms with van der Waals surface area (Å²) in [6.45, 7) is 21.0. The summed E-state index contributed by atoms with van der Waals surface area (Å²) in [5, 5.41) is 41.0. The maximum Gasteiger partial charge on any atom is 0.0830 e. The third kappa shape index (κ3) is 11.1. The molecule has 0 radical (unpaired) electrons. The van der Waals surface area contributed by atoms with E-state index in [-0.39, 0.29) is 34.5 Å². The molecule has 2 aliphatic carbocycles. The first-order valence-electron chi connectivity index (χ1n) is 16.3. The SMILES string of the molecule is CC(/C=C/C=C(C)/C=C/[C@H]1[C@H](C)[C@@H](O)[C@@H](O)CC1(C)C)=C\C=C\C=C(C)\C=C\C=C(C)\C=C\[C@H]1[C@H](C)[C@@H](O)[C@@H](O)CC1(C)C. The molecule has 0 bridgehead atoms. The van der Waals surface area contributed by atoms with Gasteiger partial charge in [0.05, 0.1) is 24.4 Å². The summed E-state index contributed by atoms with van der Waals surface area (Å²) in [5.41, 5.74) is 4.47.